The van der Waals surface area contributed by atoms with Gasteiger partial charge < -0.3 is 49.0 Å². The molecule has 0 aliphatic heterocycles. The molecule has 8 aromatic carbocycles. The van der Waals surface area contributed by atoms with Gasteiger partial charge in [-0.2, -0.15) is 0 Å². The van der Waals surface area contributed by atoms with Gasteiger partial charge in [-0.15, -0.1) is 0 Å². The normalized spacial score (nSPS) is 12.4. The first-order chi connectivity index (χ1) is 36.8. The van der Waals surface area contributed by atoms with Crippen molar-refractivity contribution in [2.24, 2.45) is 0 Å². The molecule has 0 amide bonds. The van der Waals surface area contributed by atoms with Crippen molar-refractivity contribution in [3.05, 3.63) is 226 Å². The first-order valence-corrected chi connectivity index (χ1v) is 27.5. The van der Waals surface area contributed by atoms with E-state index in [2.05, 4.69) is 0 Å². The van der Waals surface area contributed by atoms with Gasteiger partial charge >= 0.3 is 19.5 Å². The number of carboxylic acid groups (broad SMARTS) is 2. The molecule has 0 aromatic heterocycles. The van der Waals surface area contributed by atoms with Crippen molar-refractivity contribution in [2.75, 3.05) is 0 Å². The smallest absolute Gasteiger partial charge is 0.545 e. The molecule has 2 N–H and O–H groups in total. The van der Waals surface area contributed by atoms with Crippen LogP contribution < -0.4 is 29.2 Å². The predicted octanol–water partition coefficient (Wildman–Crippen LogP) is 10.1. The van der Waals surface area contributed by atoms with Crippen LogP contribution in [0.1, 0.15) is 95.6 Å². The second-order valence-corrected chi connectivity index (χ2v) is 23.3. The first kappa shape index (κ1) is 60.3. The molecule has 404 valence electrons. The van der Waals surface area contributed by atoms with E-state index in [4.69, 9.17) is 18.9 Å². The fraction of sp³-hybridized carbons (Fsp3) is 0.194. The van der Waals surface area contributed by atoms with E-state index < -0.39 is 55.0 Å². The summed E-state index contributed by atoms with van der Waals surface area (Å²) >= 11 is 0. The Kier molecular flexibility index (Phi) is 18.9. The van der Waals surface area contributed by atoms with Crippen LogP contribution in [0.2, 0.25) is 0 Å². The number of sulfone groups is 2. The Labute approximate surface area is 473 Å². The molecule has 0 spiro atoms. The second-order valence-electron chi connectivity index (χ2n) is 19.5. The molecule has 2 atom stereocenters. The minimum atomic E-state index is -3.82. The Morgan fingerprint density at radius 3 is 1.10 bits per heavy atom. The number of para-hydroxylation sites is 2. The largest absolute Gasteiger partial charge is 2.00 e. The topological polar surface area (TPSA) is 226 Å². The molecule has 0 saturated heterocycles. The zero-order valence-electron chi connectivity index (χ0n) is 44.8. The van der Waals surface area contributed by atoms with Crippen molar-refractivity contribution in [3.8, 4) is 34.5 Å². The number of carbonyl (C=O) groups is 2. The molecule has 79 heavy (non-hydrogen) atoms. The Morgan fingerprint density at radius 2 is 0.772 bits per heavy atom. The Balaban J connectivity index is 0.000000252. The predicted molar refractivity (Wildman–Crippen MR) is 290 cm³/mol. The van der Waals surface area contributed by atoms with E-state index >= 15 is 0 Å². The molecule has 8 aromatic rings. The van der Waals surface area contributed by atoms with Crippen LogP contribution in [-0.4, -0.2) is 51.6 Å². The minimum Gasteiger partial charge on any atom is -0.545 e. The molecule has 0 bridgehead atoms. The number of ether oxygens (including phenoxy) is 4. The van der Waals surface area contributed by atoms with Crippen LogP contribution in [0.15, 0.2) is 202 Å². The van der Waals surface area contributed by atoms with Crippen LogP contribution in [0, 0.1) is 13.8 Å². The number of hydrogen-bond acceptors (Lipinski definition) is 14. The molecule has 0 aliphatic carbocycles. The zero-order valence-corrected chi connectivity index (χ0v) is 49.4. The van der Waals surface area contributed by atoms with E-state index in [9.17, 15) is 46.9 Å². The van der Waals surface area contributed by atoms with E-state index in [0.717, 1.165) is 22.3 Å². The summed E-state index contributed by atoms with van der Waals surface area (Å²) in [5.41, 5.74) is 3.22. The number of carboxylic acids is 2. The van der Waals surface area contributed by atoms with Gasteiger partial charge in [0, 0.05) is 35.8 Å². The fourth-order valence-electron chi connectivity index (χ4n) is 8.45. The van der Waals surface area contributed by atoms with Crippen molar-refractivity contribution in [2.45, 2.75) is 98.4 Å². The van der Waals surface area contributed by atoms with Gasteiger partial charge in [-0.05, 0) is 133 Å². The van der Waals surface area contributed by atoms with Crippen LogP contribution in [0.5, 0.6) is 34.5 Å². The van der Waals surface area contributed by atoms with E-state index in [1.807, 2.05) is 77.9 Å². The Hall–Kier alpha value is -7.98. The van der Waals surface area contributed by atoms with Gasteiger partial charge in [0.05, 0.1) is 21.7 Å². The molecule has 2 unspecified atom stereocenters. The summed E-state index contributed by atoms with van der Waals surface area (Å²) in [5.74, 6) is -2.31. The fourth-order valence-corrected chi connectivity index (χ4v) is 11.2. The molecule has 0 aliphatic rings. The third-order valence-corrected chi connectivity index (χ3v) is 16.7. The van der Waals surface area contributed by atoms with E-state index in [0.29, 0.717) is 22.6 Å². The average molecular weight is 1160 g/mol. The SMILES string of the molecule is Cc1ccc(S(=O)(=O)c2ccccc2OC(C)Oc2cccc(C(C)(C)c3ccc(C(=O)[O-])c(O)c3)c2)cc1.Cc1ccc(S(=O)(=O)c2ccccc2OC(C)Oc2cccc(C(C)(C)c3ccc(C(=O)[O-])c(O)c3)c2)cc1.[Zn+2]. The zero-order chi connectivity index (χ0) is 56.7. The second kappa shape index (κ2) is 24.8. The molecule has 14 nitrogen and oxygen atoms in total. The molecule has 0 heterocycles. The average Bonchev–Trinajstić information content (AvgIpc) is 3.40. The first-order valence-electron chi connectivity index (χ1n) is 24.6. The van der Waals surface area contributed by atoms with Crippen molar-refractivity contribution in [1.29, 1.82) is 0 Å². The van der Waals surface area contributed by atoms with E-state index in [-0.39, 0.29) is 73.2 Å². The molecule has 0 radical (unpaired) electrons. The van der Waals surface area contributed by atoms with Crippen LogP contribution in [0.4, 0.5) is 0 Å². The molecule has 17 heteroatoms. The summed E-state index contributed by atoms with van der Waals surface area (Å²) < 4.78 is 77.1. The van der Waals surface area contributed by atoms with Gasteiger partial charge in [-0.25, -0.2) is 16.8 Å². The van der Waals surface area contributed by atoms with Crippen molar-refractivity contribution in [1.82, 2.24) is 0 Å². The molecule has 8 rings (SSSR count). The summed E-state index contributed by atoms with van der Waals surface area (Å²) in [6, 6.07) is 49.4. The number of aryl methyl sites for hydroxylation is 2. The van der Waals surface area contributed by atoms with E-state index in [1.165, 1.54) is 36.4 Å². The Bertz CT molecular complexity index is 3460. The van der Waals surface area contributed by atoms with Crippen LogP contribution in [0.25, 0.3) is 0 Å². The van der Waals surface area contributed by atoms with Gasteiger partial charge in [-0.3, -0.25) is 0 Å². The monoisotopic (exact) mass is 1150 g/mol. The summed E-state index contributed by atoms with van der Waals surface area (Å²) in [7, 11) is -7.63. The summed E-state index contributed by atoms with van der Waals surface area (Å²) in [4.78, 5) is 22.7. The quantitative estimate of drug-likeness (QED) is 0.0602. The van der Waals surface area contributed by atoms with Crippen molar-refractivity contribution < 1.29 is 85.3 Å². The van der Waals surface area contributed by atoms with Crippen LogP contribution >= 0.6 is 0 Å². The molecular formula is C62H58O14S2Zn. The third kappa shape index (κ3) is 14.0. The van der Waals surface area contributed by atoms with Gasteiger partial charge in [0.2, 0.25) is 32.3 Å². The van der Waals surface area contributed by atoms with E-state index in [1.54, 1.807) is 123 Å². The van der Waals surface area contributed by atoms with Gasteiger partial charge in [0.1, 0.15) is 44.3 Å². The van der Waals surface area contributed by atoms with Crippen LogP contribution in [-0.2, 0) is 50.0 Å². The number of rotatable bonds is 18. The summed E-state index contributed by atoms with van der Waals surface area (Å²) in [6.07, 6.45) is -1.66. The number of aromatic carboxylic acids is 2. The maximum absolute atomic E-state index is 13.3. The summed E-state index contributed by atoms with van der Waals surface area (Å²) in [5, 5.41) is 42.6. The number of phenols is 2. The third-order valence-electron chi connectivity index (χ3n) is 13.1. The standard InChI is InChI=1S/2C31H30O7S.Zn/c2*1-20-12-15-25(16-13-20)39(35,36)29-11-6-5-10-28(29)38-21(2)37-24-9-7-8-22(18-24)31(3,4)23-14-17-26(30(33)34)27(32)19-23;/h2*5-19,21,32H,1-4H3,(H,33,34);/q;;+2/p-2. The molecule has 0 fully saturated rings. The molecular weight excluding hydrogens is 1100 g/mol. The maximum atomic E-state index is 13.3. The number of carbonyl (C=O) groups excluding carboxylic acids is 2. The van der Waals surface area contributed by atoms with Gasteiger partial charge in [0.25, 0.3) is 0 Å². The number of aromatic hydroxyl groups is 2. The van der Waals surface area contributed by atoms with Crippen molar-refractivity contribution in [3.63, 3.8) is 0 Å². The van der Waals surface area contributed by atoms with Crippen molar-refractivity contribution >= 4 is 31.6 Å². The van der Waals surface area contributed by atoms with Gasteiger partial charge in [-0.1, -0.05) is 124 Å². The molecule has 0 saturated carbocycles. The van der Waals surface area contributed by atoms with Gasteiger partial charge in [0.15, 0.2) is 0 Å². The summed E-state index contributed by atoms with van der Waals surface area (Å²) in [6.45, 7) is 14.9. The van der Waals surface area contributed by atoms with Crippen LogP contribution in [0.3, 0.4) is 0 Å². The maximum Gasteiger partial charge on any atom is 2.00 e. The Morgan fingerprint density at radius 1 is 0.443 bits per heavy atom. The number of hydrogen-bond donors (Lipinski definition) is 2. The minimum absolute atomic E-state index is 0. The number of benzene rings is 8.